The molecule has 0 saturated heterocycles. The zero-order valence-electron chi connectivity index (χ0n) is 8.45. The SMILES string of the molecule is NC1CC1NS(=O)(=O)c1c(Cl)cc(Br)cc1Cl. The highest BCUT2D eigenvalue weighted by Crippen LogP contribution is 2.33. The van der Waals surface area contributed by atoms with Crippen molar-refractivity contribution in [1.82, 2.24) is 4.72 Å². The number of rotatable bonds is 3. The quantitative estimate of drug-likeness (QED) is 0.868. The van der Waals surface area contributed by atoms with Gasteiger partial charge in [-0.15, -0.1) is 0 Å². The van der Waals surface area contributed by atoms with Gasteiger partial charge in [-0.05, 0) is 18.6 Å². The summed E-state index contributed by atoms with van der Waals surface area (Å²) < 4.78 is 27.1. The van der Waals surface area contributed by atoms with E-state index >= 15 is 0 Å². The summed E-state index contributed by atoms with van der Waals surface area (Å²) >= 11 is 15.0. The van der Waals surface area contributed by atoms with Gasteiger partial charge >= 0.3 is 0 Å². The normalized spacial score (nSPS) is 23.8. The Hall–Kier alpha value is 0.150. The van der Waals surface area contributed by atoms with Gasteiger partial charge in [0.05, 0.1) is 10.0 Å². The molecule has 1 aromatic rings. The average Bonchev–Trinajstić information content (AvgIpc) is 2.76. The van der Waals surface area contributed by atoms with Crippen LogP contribution in [0.15, 0.2) is 21.5 Å². The average molecular weight is 360 g/mol. The number of sulfonamides is 1. The van der Waals surface area contributed by atoms with Crippen LogP contribution in [0.25, 0.3) is 0 Å². The molecule has 0 radical (unpaired) electrons. The van der Waals surface area contributed by atoms with E-state index in [9.17, 15) is 8.42 Å². The molecular formula is C9H9BrCl2N2O2S. The van der Waals surface area contributed by atoms with Crippen LogP contribution in [0.3, 0.4) is 0 Å². The predicted octanol–water partition coefficient (Wildman–Crippen LogP) is 2.13. The summed E-state index contributed by atoms with van der Waals surface area (Å²) in [5.41, 5.74) is 5.55. The van der Waals surface area contributed by atoms with Gasteiger partial charge in [-0.2, -0.15) is 0 Å². The lowest BCUT2D eigenvalue weighted by molar-refractivity contribution is 0.580. The maximum atomic E-state index is 12.0. The molecule has 1 fully saturated rings. The number of nitrogens with two attached hydrogens (primary N) is 1. The third-order valence-corrected chi connectivity index (χ3v) is 5.25. The number of halogens is 3. The Balaban J connectivity index is 2.39. The topological polar surface area (TPSA) is 72.2 Å². The first-order valence-corrected chi connectivity index (χ1v) is 7.77. The number of benzene rings is 1. The van der Waals surface area contributed by atoms with Gasteiger partial charge in [0, 0.05) is 16.6 Å². The molecule has 8 heteroatoms. The molecule has 4 nitrogen and oxygen atoms in total. The molecule has 0 aromatic heterocycles. The predicted molar refractivity (Wildman–Crippen MR) is 70.9 cm³/mol. The molecule has 1 aliphatic rings. The summed E-state index contributed by atoms with van der Waals surface area (Å²) in [7, 11) is -3.72. The number of hydrogen-bond donors (Lipinski definition) is 2. The first kappa shape index (κ1) is 13.6. The van der Waals surface area contributed by atoms with Crippen LogP contribution in [-0.4, -0.2) is 20.5 Å². The molecule has 0 aliphatic heterocycles. The monoisotopic (exact) mass is 358 g/mol. The molecule has 0 spiro atoms. The van der Waals surface area contributed by atoms with Crippen LogP contribution < -0.4 is 10.5 Å². The molecule has 1 saturated carbocycles. The van der Waals surface area contributed by atoms with Gasteiger partial charge in [-0.25, -0.2) is 13.1 Å². The Morgan fingerprint density at radius 3 is 2.24 bits per heavy atom. The largest absolute Gasteiger partial charge is 0.326 e. The summed E-state index contributed by atoms with van der Waals surface area (Å²) in [6, 6.07) is 2.61. The lowest BCUT2D eigenvalue weighted by atomic mass is 10.4. The van der Waals surface area contributed by atoms with Crippen LogP contribution in [0.4, 0.5) is 0 Å². The van der Waals surface area contributed by atoms with Crippen molar-refractivity contribution >= 4 is 49.2 Å². The van der Waals surface area contributed by atoms with Crippen molar-refractivity contribution in [2.45, 2.75) is 23.4 Å². The minimum Gasteiger partial charge on any atom is -0.326 e. The van der Waals surface area contributed by atoms with Crippen molar-refractivity contribution in [3.05, 3.63) is 26.7 Å². The van der Waals surface area contributed by atoms with Gasteiger partial charge in [0.15, 0.2) is 0 Å². The summed E-state index contributed by atoms with van der Waals surface area (Å²) in [5, 5.41) is 0.150. The molecule has 0 amide bonds. The van der Waals surface area contributed by atoms with Crippen LogP contribution in [0, 0.1) is 0 Å². The molecule has 0 heterocycles. The standard InChI is InChI=1S/C9H9BrCl2N2O2S/c10-4-1-5(11)9(6(12)2-4)17(15,16)14-8-3-7(8)13/h1-2,7-8,14H,3,13H2. The molecule has 0 bridgehead atoms. The highest BCUT2D eigenvalue weighted by Gasteiger charge is 2.38. The molecule has 2 rings (SSSR count). The fraction of sp³-hybridized carbons (Fsp3) is 0.333. The van der Waals surface area contributed by atoms with Gasteiger partial charge in [0.1, 0.15) is 4.90 Å². The van der Waals surface area contributed by atoms with E-state index in [1.54, 1.807) is 0 Å². The second kappa shape index (κ2) is 4.68. The fourth-order valence-corrected chi connectivity index (χ4v) is 4.63. The van der Waals surface area contributed by atoms with E-state index < -0.39 is 10.0 Å². The summed E-state index contributed by atoms with van der Waals surface area (Å²) in [6.07, 6.45) is 0.630. The fourth-order valence-electron chi connectivity index (χ4n) is 1.39. The first-order valence-electron chi connectivity index (χ1n) is 4.74. The van der Waals surface area contributed by atoms with E-state index in [0.29, 0.717) is 10.9 Å². The highest BCUT2D eigenvalue weighted by atomic mass is 79.9. The van der Waals surface area contributed by atoms with Crippen molar-refractivity contribution in [3.8, 4) is 0 Å². The Kier molecular flexibility index (Phi) is 3.74. The van der Waals surface area contributed by atoms with E-state index in [1.807, 2.05) is 0 Å². The summed E-state index contributed by atoms with van der Waals surface area (Å²) in [4.78, 5) is -0.108. The van der Waals surface area contributed by atoms with Crippen LogP contribution in [0.5, 0.6) is 0 Å². The van der Waals surface area contributed by atoms with E-state index in [2.05, 4.69) is 20.7 Å². The lowest BCUT2D eigenvalue weighted by Crippen LogP contribution is -2.30. The minimum absolute atomic E-state index is 0.0751. The Bertz CT molecular complexity index is 541. The molecule has 2 unspecified atom stereocenters. The lowest BCUT2D eigenvalue weighted by Gasteiger charge is -2.10. The third-order valence-electron chi connectivity index (χ3n) is 2.38. The van der Waals surface area contributed by atoms with Gasteiger partial charge in [0.2, 0.25) is 10.0 Å². The van der Waals surface area contributed by atoms with Crippen molar-refractivity contribution in [1.29, 1.82) is 0 Å². The van der Waals surface area contributed by atoms with Crippen LogP contribution in [-0.2, 0) is 10.0 Å². The molecule has 3 N–H and O–H groups in total. The Labute approximate surface area is 118 Å². The highest BCUT2D eigenvalue weighted by molar-refractivity contribution is 9.10. The zero-order chi connectivity index (χ0) is 12.8. The van der Waals surface area contributed by atoms with E-state index in [-0.39, 0.29) is 27.0 Å². The van der Waals surface area contributed by atoms with Gasteiger partial charge in [0.25, 0.3) is 0 Å². The second-order valence-corrected chi connectivity index (χ2v) is 7.21. The van der Waals surface area contributed by atoms with E-state index in [4.69, 9.17) is 28.9 Å². The van der Waals surface area contributed by atoms with Crippen LogP contribution in [0.1, 0.15) is 6.42 Å². The summed E-state index contributed by atoms with van der Waals surface area (Å²) in [5.74, 6) is 0. The van der Waals surface area contributed by atoms with Crippen LogP contribution in [0.2, 0.25) is 10.0 Å². The van der Waals surface area contributed by atoms with Gasteiger partial charge in [-0.3, -0.25) is 0 Å². The zero-order valence-corrected chi connectivity index (χ0v) is 12.4. The third kappa shape index (κ3) is 2.94. The number of nitrogens with one attached hydrogen (secondary N) is 1. The smallest absolute Gasteiger partial charge is 0.243 e. The minimum atomic E-state index is -3.72. The van der Waals surface area contributed by atoms with Gasteiger partial charge < -0.3 is 5.73 Å². The number of hydrogen-bond acceptors (Lipinski definition) is 3. The Morgan fingerprint density at radius 2 is 1.82 bits per heavy atom. The van der Waals surface area contributed by atoms with Gasteiger partial charge in [-0.1, -0.05) is 39.1 Å². The maximum absolute atomic E-state index is 12.0. The molecule has 1 aromatic carbocycles. The molecule has 17 heavy (non-hydrogen) atoms. The molecular weight excluding hydrogens is 351 g/mol. The van der Waals surface area contributed by atoms with Crippen molar-refractivity contribution < 1.29 is 8.42 Å². The first-order chi connectivity index (χ1) is 7.81. The van der Waals surface area contributed by atoms with Crippen molar-refractivity contribution in [2.75, 3.05) is 0 Å². The van der Waals surface area contributed by atoms with Crippen molar-refractivity contribution in [3.63, 3.8) is 0 Å². The maximum Gasteiger partial charge on any atom is 0.243 e. The summed E-state index contributed by atoms with van der Waals surface area (Å²) in [6.45, 7) is 0. The Morgan fingerprint density at radius 1 is 1.35 bits per heavy atom. The van der Waals surface area contributed by atoms with Crippen molar-refractivity contribution in [2.24, 2.45) is 5.73 Å². The molecule has 1 aliphatic carbocycles. The molecule has 2 atom stereocenters. The van der Waals surface area contributed by atoms with Crippen LogP contribution >= 0.6 is 39.1 Å². The van der Waals surface area contributed by atoms with E-state index in [1.165, 1.54) is 12.1 Å². The molecule has 94 valence electrons. The second-order valence-electron chi connectivity index (χ2n) is 3.83. The van der Waals surface area contributed by atoms with E-state index in [0.717, 1.165) is 0 Å².